The van der Waals surface area contributed by atoms with Crippen LogP contribution < -0.4 is 0 Å². The molecule has 0 amide bonds. The van der Waals surface area contributed by atoms with Crippen LogP contribution in [-0.4, -0.2) is 0 Å². The molecule has 0 spiro atoms. The van der Waals surface area contributed by atoms with Crippen molar-refractivity contribution >= 4 is 0 Å². The largest absolute Gasteiger partial charge is 0.0654 e. The smallest absolute Gasteiger partial charge is 0.0159 e. The van der Waals surface area contributed by atoms with Gasteiger partial charge in [0.2, 0.25) is 0 Å². The topological polar surface area (TPSA) is 0 Å². The third-order valence-corrected chi connectivity index (χ3v) is 10.3. The average molecular weight is 509 g/mol. The Labute approximate surface area is 233 Å². The summed E-state index contributed by atoms with van der Waals surface area (Å²) >= 11 is 0. The Morgan fingerprint density at radius 2 is 0.946 bits per heavy atom. The predicted octanol–water partition coefficient (Wildman–Crippen LogP) is 12.8. The van der Waals surface area contributed by atoms with Gasteiger partial charge < -0.3 is 0 Å². The van der Waals surface area contributed by atoms with Crippen LogP contribution >= 0.6 is 0 Å². The van der Waals surface area contributed by atoms with E-state index in [0.29, 0.717) is 0 Å². The Morgan fingerprint density at radius 3 is 1.41 bits per heavy atom. The van der Waals surface area contributed by atoms with E-state index < -0.39 is 0 Å². The second-order valence-electron chi connectivity index (χ2n) is 13.4. The van der Waals surface area contributed by atoms with E-state index in [9.17, 15) is 0 Å². The minimum atomic E-state index is 0.829. The quantitative estimate of drug-likeness (QED) is 0.173. The number of hydrogen-bond donors (Lipinski definition) is 0. The lowest BCUT2D eigenvalue weighted by Gasteiger charge is -2.31. The van der Waals surface area contributed by atoms with Gasteiger partial charge in [0.05, 0.1) is 0 Å². The van der Waals surface area contributed by atoms with Gasteiger partial charge in [-0.05, 0) is 98.7 Å². The maximum atomic E-state index is 2.60. The molecule has 1 aromatic carbocycles. The third kappa shape index (κ3) is 11.5. The summed E-state index contributed by atoms with van der Waals surface area (Å²) in [6.45, 7) is 7.04. The van der Waals surface area contributed by atoms with Crippen LogP contribution in [0.1, 0.15) is 196 Å². The van der Waals surface area contributed by atoms with Crippen molar-refractivity contribution in [2.75, 3.05) is 0 Å². The zero-order chi connectivity index (χ0) is 26.1. The Hall–Kier alpha value is -0.780. The lowest BCUT2D eigenvalue weighted by atomic mass is 9.74. The van der Waals surface area contributed by atoms with Crippen LogP contribution in [0, 0.1) is 18.8 Å². The molecular formula is C37H64. The molecule has 0 nitrogen and oxygen atoms in total. The number of unbranched alkanes of at least 4 members (excludes halogenated alkanes) is 12. The Morgan fingerprint density at radius 1 is 0.514 bits per heavy atom. The molecule has 0 radical (unpaired) electrons. The van der Waals surface area contributed by atoms with E-state index in [2.05, 4.69) is 39.0 Å². The molecule has 0 heteroatoms. The minimum absolute atomic E-state index is 0.829. The number of hydrogen-bond acceptors (Lipinski definition) is 0. The first kappa shape index (κ1) is 30.8. The molecule has 0 aliphatic heterocycles. The van der Waals surface area contributed by atoms with Crippen molar-refractivity contribution in [2.45, 2.75) is 187 Å². The molecule has 0 heterocycles. The van der Waals surface area contributed by atoms with Gasteiger partial charge in [0, 0.05) is 0 Å². The van der Waals surface area contributed by atoms with Gasteiger partial charge in [0.25, 0.3) is 0 Å². The van der Waals surface area contributed by atoms with Gasteiger partial charge in [-0.2, -0.15) is 0 Å². The standard InChI is InChI=1S/C37H64/c1-4-6-8-10-12-14-16-18-32-20-24-34(25-21-32)36-28-29-37(31(3)30-36)35-26-22-33(23-27-35)19-17-15-13-11-9-7-5-2/h28-30,32-35H,4-27H2,1-3H3/t32-,33-,34-,35-. The van der Waals surface area contributed by atoms with Crippen molar-refractivity contribution in [3.8, 4) is 0 Å². The Kier molecular flexibility index (Phi) is 15.4. The highest BCUT2D eigenvalue weighted by atomic mass is 14.3. The van der Waals surface area contributed by atoms with Crippen LogP contribution in [0.4, 0.5) is 0 Å². The first-order valence-electron chi connectivity index (χ1n) is 17.3. The fraction of sp³-hybridized carbons (Fsp3) is 0.838. The summed E-state index contributed by atoms with van der Waals surface area (Å²) in [7, 11) is 0. The Bertz CT molecular complexity index is 686. The van der Waals surface area contributed by atoms with Crippen LogP contribution in [0.3, 0.4) is 0 Å². The summed E-state index contributed by atoms with van der Waals surface area (Å²) in [4.78, 5) is 0. The van der Waals surface area contributed by atoms with Gasteiger partial charge in [-0.25, -0.2) is 0 Å². The third-order valence-electron chi connectivity index (χ3n) is 10.3. The summed E-state index contributed by atoms with van der Waals surface area (Å²) < 4.78 is 0. The Balaban J connectivity index is 1.31. The summed E-state index contributed by atoms with van der Waals surface area (Å²) in [6.07, 6.45) is 35.0. The summed E-state index contributed by atoms with van der Waals surface area (Å²) in [6, 6.07) is 7.69. The van der Waals surface area contributed by atoms with E-state index in [-0.39, 0.29) is 0 Å². The predicted molar refractivity (Wildman–Crippen MR) is 166 cm³/mol. The van der Waals surface area contributed by atoms with Crippen LogP contribution in [0.15, 0.2) is 18.2 Å². The molecule has 0 atom stereocenters. The second kappa shape index (κ2) is 18.5. The zero-order valence-electron chi connectivity index (χ0n) is 25.5. The van der Waals surface area contributed by atoms with Crippen molar-refractivity contribution in [3.63, 3.8) is 0 Å². The van der Waals surface area contributed by atoms with Crippen molar-refractivity contribution in [1.82, 2.24) is 0 Å². The maximum absolute atomic E-state index is 2.60. The molecule has 212 valence electrons. The molecular weight excluding hydrogens is 444 g/mol. The zero-order valence-corrected chi connectivity index (χ0v) is 25.5. The highest BCUT2D eigenvalue weighted by molar-refractivity contribution is 5.35. The van der Waals surface area contributed by atoms with E-state index >= 15 is 0 Å². The van der Waals surface area contributed by atoms with Gasteiger partial charge in [-0.1, -0.05) is 135 Å². The molecule has 2 saturated carbocycles. The van der Waals surface area contributed by atoms with Crippen LogP contribution in [-0.2, 0) is 0 Å². The molecule has 1 aromatic rings. The van der Waals surface area contributed by atoms with E-state index in [1.165, 1.54) is 154 Å². The molecule has 3 rings (SSSR count). The van der Waals surface area contributed by atoms with Gasteiger partial charge in [-0.3, -0.25) is 0 Å². The molecule has 2 fully saturated rings. The summed E-state index contributed by atoms with van der Waals surface area (Å²) in [5.74, 6) is 3.69. The normalized spacial score (nSPS) is 24.4. The van der Waals surface area contributed by atoms with Gasteiger partial charge >= 0.3 is 0 Å². The van der Waals surface area contributed by atoms with Crippen LogP contribution in [0.2, 0.25) is 0 Å². The fourth-order valence-corrected chi connectivity index (χ4v) is 7.74. The molecule has 0 saturated heterocycles. The lowest BCUT2D eigenvalue weighted by molar-refractivity contribution is 0.299. The van der Waals surface area contributed by atoms with E-state index in [0.717, 1.165) is 23.7 Å². The SMILES string of the molecule is CCCCCCCCC[C@H]1CC[C@H](c2ccc([C@H]3CC[C@H](CCCCCCCCC)CC3)c(C)c2)CC1. The molecule has 2 aliphatic carbocycles. The molecule has 0 aromatic heterocycles. The number of aryl methyl sites for hydroxylation is 1. The maximum Gasteiger partial charge on any atom is -0.0159 e. The van der Waals surface area contributed by atoms with Crippen LogP contribution in [0.25, 0.3) is 0 Å². The molecule has 0 N–H and O–H groups in total. The first-order chi connectivity index (χ1) is 18.2. The highest BCUT2D eigenvalue weighted by Gasteiger charge is 2.25. The molecule has 0 unspecified atom stereocenters. The molecule has 37 heavy (non-hydrogen) atoms. The fourth-order valence-electron chi connectivity index (χ4n) is 7.74. The lowest BCUT2D eigenvalue weighted by Crippen LogP contribution is -2.15. The molecule has 0 bridgehead atoms. The van der Waals surface area contributed by atoms with Gasteiger partial charge in [0.15, 0.2) is 0 Å². The van der Waals surface area contributed by atoms with Crippen LogP contribution in [0.5, 0.6) is 0 Å². The molecule has 2 aliphatic rings. The van der Waals surface area contributed by atoms with Crippen molar-refractivity contribution in [1.29, 1.82) is 0 Å². The first-order valence-corrected chi connectivity index (χ1v) is 17.3. The summed E-state index contributed by atoms with van der Waals surface area (Å²) in [5, 5.41) is 0. The van der Waals surface area contributed by atoms with Gasteiger partial charge in [-0.15, -0.1) is 0 Å². The van der Waals surface area contributed by atoms with E-state index in [1.54, 1.807) is 16.7 Å². The van der Waals surface area contributed by atoms with Crippen molar-refractivity contribution in [3.05, 3.63) is 34.9 Å². The highest BCUT2D eigenvalue weighted by Crippen LogP contribution is 2.42. The van der Waals surface area contributed by atoms with E-state index in [4.69, 9.17) is 0 Å². The average Bonchev–Trinajstić information content (AvgIpc) is 2.93. The van der Waals surface area contributed by atoms with Crippen molar-refractivity contribution in [2.24, 2.45) is 11.8 Å². The minimum Gasteiger partial charge on any atom is -0.0654 e. The van der Waals surface area contributed by atoms with Crippen molar-refractivity contribution < 1.29 is 0 Å². The summed E-state index contributed by atoms with van der Waals surface area (Å²) in [5.41, 5.74) is 4.94. The van der Waals surface area contributed by atoms with E-state index in [1.807, 2.05) is 0 Å². The monoisotopic (exact) mass is 509 g/mol. The number of benzene rings is 1. The van der Waals surface area contributed by atoms with Gasteiger partial charge in [0.1, 0.15) is 0 Å². The second-order valence-corrected chi connectivity index (χ2v) is 13.4. The number of rotatable bonds is 18.